The van der Waals surface area contributed by atoms with Crippen molar-refractivity contribution in [1.82, 2.24) is 0 Å². The number of nitrogens with two attached hydrogens (primary N) is 1. The van der Waals surface area contributed by atoms with Crippen LogP contribution in [-0.2, 0) is 6.54 Å². The minimum absolute atomic E-state index is 0.443. The molecule has 0 atom stereocenters. The molecule has 0 radical (unpaired) electrons. The molecule has 2 N–H and O–H groups in total. The van der Waals surface area contributed by atoms with E-state index in [2.05, 4.69) is 19.9 Å². The van der Waals surface area contributed by atoms with E-state index < -0.39 is 0 Å². The Bertz CT molecular complexity index is 321. The van der Waals surface area contributed by atoms with Crippen LogP contribution in [0.4, 0.5) is 0 Å². The summed E-state index contributed by atoms with van der Waals surface area (Å²) in [5.41, 5.74) is 6.94. The molecule has 0 bridgehead atoms. The van der Waals surface area contributed by atoms with E-state index in [0.29, 0.717) is 18.4 Å². The summed E-state index contributed by atoms with van der Waals surface area (Å²) in [6.07, 6.45) is 5.27. The molecule has 1 aromatic heterocycles. The second kappa shape index (κ2) is 4.40. The highest BCUT2D eigenvalue weighted by Gasteiger charge is 2.22. The van der Waals surface area contributed by atoms with Gasteiger partial charge in [0, 0.05) is 23.9 Å². The molecule has 1 fully saturated rings. The van der Waals surface area contributed by atoms with Crippen LogP contribution in [0.3, 0.4) is 0 Å². The van der Waals surface area contributed by atoms with Crippen molar-refractivity contribution in [2.45, 2.75) is 57.9 Å². The topological polar surface area (TPSA) is 39.2 Å². The Hall–Kier alpha value is -0.760. The van der Waals surface area contributed by atoms with Crippen LogP contribution in [0.1, 0.15) is 68.5 Å². The van der Waals surface area contributed by atoms with Crippen molar-refractivity contribution in [3.63, 3.8) is 0 Å². The van der Waals surface area contributed by atoms with E-state index in [1.54, 1.807) is 0 Å². The molecule has 1 aromatic rings. The summed E-state index contributed by atoms with van der Waals surface area (Å²) in [7, 11) is 0. The average Bonchev–Trinajstić information content (AvgIpc) is 2.86. The zero-order chi connectivity index (χ0) is 10.8. The summed E-state index contributed by atoms with van der Waals surface area (Å²) in [6.45, 7) is 4.93. The first-order chi connectivity index (χ1) is 7.22. The van der Waals surface area contributed by atoms with Gasteiger partial charge in [0.15, 0.2) is 0 Å². The van der Waals surface area contributed by atoms with E-state index in [0.717, 1.165) is 5.76 Å². The molecule has 2 heteroatoms. The minimum atomic E-state index is 0.443. The van der Waals surface area contributed by atoms with E-state index in [9.17, 15) is 0 Å². The van der Waals surface area contributed by atoms with Gasteiger partial charge in [-0.3, -0.25) is 0 Å². The van der Waals surface area contributed by atoms with E-state index in [1.165, 1.54) is 37.0 Å². The molecular weight excluding hydrogens is 186 g/mol. The van der Waals surface area contributed by atoms with Gasteiger partial charge in [-0.15, -0.1) is 0 Å². The third-order valence-corrected chi connectivity index (χ3v) is 3.36. The second-order valence-electron chi connectivity index (χ2n) is 4.88. The fourth-order valence-corrected chi connectivity index (χ4v) is 2.52. The minimum Gasteiger partial charge on any atom is -0.465 e. The van der Waals surface area contributed by atoms with Crippen LogP contribution < -0.4 is 5.73 Å². The van der Waals surface area contributed by atoms with Gasteiger partial charge in [0.25, 0.3) is 0 Å². The maximum atomic E-state index is 5.97. The number of furan rings is 1. The van der Waals surface area contributed by atoms with Crippen molar-refractivity contribution in [2.75, 3.05) is 0 Å². The summed E-state index contributed by atoms with van der Waals surface area (Å²) < 4.78 is 5.97. The summed E-state index contributed by atoms with van der Waals surface area (Å²) in [6, 6.07) is 2.19. The molecule has 1 aliphatic carbocycles. The van der Waals surface area contributed by atoms with Crippen LogP contribution in [0.5, 0.6) is 0 Å². The molecule has 2 nitrogen and oxygen atoms in total. The van der Waals surface area contributed by atoms with Gasteiger partial charge in [-0.1, -0.05) is 26.7 Å². The predicted molar refractivity (Wildman–Crippen MR) is 61.9 cm³/mol. The predicted octanol–water partition coefficient (Wildman–Crippen LogP) is 3.52. The molecule has 0 spiro atoms. The molecular formula is C13H21NO. The van der Waals surface area contributed by atoms with Gasteiger partial charge >= 0.3 is 0 Å². The molecule has 0 aliphatic heterocycles. The maximum Gasteiger partial charge on any atom is 0.111 e. The Morgan fingerprint density at radius 3 is 2.53 bits per heavy atom. The highest BCUT2D eigenvalue weighted by Crippen LogP contribution is 2.37. The summed E-state index contributed by atoms with van der Waals surface area (Å²) in [5.74, 6) is 3.37. The Balaban J connectivity index is 2.25. The summed E-state index contributed by atoms with van der Waals surface area (Å²) in [4.78, 5) is 0. The quantitative estimate of drug-likeness (QED) is 0.823. The first-order valence-corrected chi connectivity index (χ1v) is 6.05. The third-order valence-electron chi connectivity index (χ3n) is 3.36. The summed E-state index contributed by atoms with van der Waals surface area (Å²) >= 11 is 0. The molecule has 1 heterocycles. The van der Waals surface area contributed by atoms with Crippen molar-refractivity contribution in [1.29, 1.82) is 0 Å². The molecule has 15 heavy (non-hydrogen) atoms. The lowest BCUT2D eigenvalue weighted by atomic mass is 10.0. The lowest BCUT2D eigenvalue weighted by molar-refractivity contribution is 0.416. The monoisotopic (exact) mass is 207 g/mol. The Morgan fingerprint density at radius 2 is 2.07 bits per heavy atom. The van der Waals surface area contributed by atoms with E-state index in [-0.39, 0.29) is 0 Å². The fourth-order valence-electron chi connectivity index (χ4n) is 2.52. The lowest BCUT2D eigenvalue weighted by Gasteiger charge is -2.05. The fraction of sp³-hybridized carbons (Fsp3) is 0.692. The normalized spacial score (nSPS) is 17.9. The zero-order valence-corrected chi connectivity index (χ0v) is 9.75. The first-order valence-electron chi connectivity index (χ1n) is 6.05. The molecule has 0 amide bonds. The van der Waals surface area contributed by atoms with Gasteiger partial charge in [0.2, 0.25) is 0 Å². The van der Waals surface area contributed by atoms with Gasteiger partial charge in [0.1, 0.15) is 11.5 Å². The lowest BCUT2D eigenvalue weighted by Crippen LogP contribution is -1.99. The Morgan fingerprint density at radius 1 is 1.40 bits per heavy atom. The van der Waals surface area contributed by atoms with E-state index in [4.69, 9.17) is 10.2 Å². The highest BCUT2D eigenvalue weighted by molar-refractivity contribution is 5.26. The Kier molecular flexibility index (Phi) is 3.15. The largest absolute Gasteiger partial charge is 0.465 e. The van der Waals surface area contributed by atoms with Crippen molar-refractivity contribution in [3.05, 3.63) is 23.2 Å². The number of rotatable bonds is 3. The molecule has 0 saturated heterocycles. The van der Waals surface area contributed by atoms with Gasteiger partial charge in [-0.25, -0.2) is 0 Å². The second-order valence-corrected chi connectivity index (χ2v) is 4.88. The van der Waals surface area contributed by atoms with Crippen LogP contribution in [0.2, 0.25) is 0 Å². The Labute approximate surface area is 91.8 Å². The molecule has 2 rings (SSSR count). The van der Waals surface area contributed by atoms with Crippen LogP contribution in [-0.4, -0.2) is 0 Å². The van der Waals surface area contributed by atoms with E-state index >= 15 is 0 Å². The first kappa shape index (κ1) is 10.7. The smallest absolute Gasteiger partial charge is 0.111 e. The van der Waals surface area contributed by atoms with Crippen molar-refractivity contribution in [3.8, 4) is 0 Å². The molecule has 1 aliphatic rings. The molecule has 1 saturated carbocycles. The van der Waals surface area contributed by atoms with E-state index in [1.807, 2.05) is 0 Å². The third kappa shape index (κ3) is 2.10. The SMILES string of the molecule is CC(C)c1oc(C2CCCC2)cc1CN. The number of hydrogen-bond acceptors (Lipinski definition) is 2. The molecule has 0 aromatic carbocycles. The number of hydrogen-bond donors (Lipinski definition) is 1. The van der Waals surface area contributed by atoms with Crippen molar-refractivity contribution in [2.24, 2.45) is 5.73 Å². The highest BCUT2D eigenvalue weighted by atomic mass is 16.3. The standard InChI is InChI=1S/C13H21NO/c1-9(2)13-11(8-14)7-12(15-13)10-5-3-4-6-10/h7,9-10H,3-6,8,14H2,1-2H3. The molecule has 0 unspecified atom stereocenters. The zero-order valence-electron chi connectivity index (χ0n) is 9.75. The average molecular weight is 207 g/mol. The van der Waals surface area contributed by atoms with Crippen molar-refractivity contribution < 1.29 is 4.42 Å². The van der Waals surface area contributed by atoms with Crippen LogP contribution in [0.25, 0.3) is 0 Å². The van der Waals surface area contributed by atoms with Gasteiger partial charge < -0.3 is 10.2 Å². The van der Waals surface area contributed by atoms with Crippen LogP contribution >= 0.6 is 0 Å². The summed E-state index contributed by atoms with van der Waals surface area (Å²) in [5, 5.41) is 0. The van der Waals surface area contributed by atoms with Gasteiger partial charge in [-0.2, -0.15) is 0 Å². The molecule has 84 valence electrons. The maximum absolute atomic E-state index is 5.97. The van der Waals surface area contributed by atoms with Gasteiger partial charge in [-0.05, 0) is 18.9 Å². The van der Waals surface area contributed by atoms with Crippen LogP contribution in [0.15, 0.2) is 10.5 Å². The van der Waals surface area contributed by atoms with Gasteiger partial charge in [0.05, 0.1) is 0 Å². The van der Waals surface area contributed by atoms with Crippen molar-refractivity contribution >= 4 is 0 Å². The van der Waals surface area contributed by atoms with Crippen LogP contribution in [0, 0.1) is 0 Å².